The Balaban J connectivity index is 0.00000338. The van der Waals surface area contributed by atoms with Gasteiger partial charge < -0.3 is 10.0 Å². The Morgan fingerprint density at radius 3 is 2.19 bits per heavy atom. The number of aliphatic carboxylic acids is 1. The van der Waals surface area contributed by atoms with Crippen LogP contribution in [0, 0.1) is 0 Å². The zero-order valence-corrected chi connectivity index (χ0v) is 15.3. The van der Waals surface area contributed by atoms with Gasteiger partial charge in [-0.3, -0.25) is 14.5 Å². The minimum atomic E-state index is -4.39. The molecule has 0 bridgehead atoms. The van der Waals surface area contributed by atoms with Crippen LogP contribution in [0.5, 0.6) is 0 Å². The summed E-state index contributed by atoms with van der Waals surface area (Å²) in [4.78, 5) is 26.5. The Bertz CT molecular complexity index is 633. The van der Waals surface area contributed by atoms with Crippen LogP contribution < -0.4 is 0 Å². The van der Waals surface area contributed by atoms with Crippen molar-refractivity contribution in [3.05, 3.63) is 35.4 Å². The van der Waals surface area contributed by atoms with E-state index < -0.39 is 23.8 Å². The Labute approximate surface area is 156 Å². The fraction of sp³-hybridized carbons (Fsp3) is 0.529. The maximum absolute atomic E-state index is 12.6. The van der Waals surface area contributed by atoms with Gasteiger partial charge in [0.2, 0.25) is 5.91 Å². The van der Waals surface area contributed by atoms with Crippen LogP contribution in [0.1, 0.15) is 30.9 Å². The number of benzene rings is 1. The van der Waals surface area contributed by atoms with Crippen molar-refractivity contribution in [2.45, 2.75) is 44.6 Å². The van der Waals surface area contributed by atoms with Gasteiger partial charge in [0.1, 0.15) is 6.04 Å². The highest BCUT2D eigenvalue weighted by atomic mass is 35.5. The Hall–Kier alpha value is -1.80. The number of carboxylic acid groups (broad SMARTS) is 1. The molecule has 1 N–H and O–H groups in total. The fourth-order valence-corrected chi connectivity index (χ4v) is 2.43. The molecular formula is C17H22ClF3N2O3. The molecule has 5 nitrogen and oxygen atoms in total. The van der Waals surface area contributed by atoms with Crippen molar-refractivity contribution >= 4 is 24.3 Å². The highest BCUT2D eigenvalue weighted by molar-refractivity contribution is 5.85. The van der Waals surface area contributed by atoms with Crippen LogP contribution in [-0.4, -0.2) is 52.5 Å². The molecule has 0 saturated heterocycles. The van der Waals surface area contributed by atoms with Crippen molar-refractivity contribution in [3.63, 3.8) is 0 Å². The summed E-state index contributed by atoms with van der Waals surface area (Å²) in [6.07, 6.45) is -2.69. The Kier molecular flexibility index (Phi) is 7.46. The van der Waals surface area contributed by atoms with Gasteiger partial charge in [0.25, 0.3) is 0 Å². The average molecular weight is 395 g/mol. The number of amides is 1. The first-order valence-corrected chi connectivity index (χ1v) is 7.98. The highest BCUT2D eigenvalue weighted by Crippen LogP contribution is 2.31. The van der Waals surface area contributed by atoms with E-state index in [-0.39, 0.29) is 37.4 Å². The molecule has 1 atom stereocenters. The zero-order chi connectivity index (χ0) is 18.8. The molecule has 0 radical (unpaired) electrons. The average Bonchev–Trinajstić information content (AvgIpc) is 3.35. The molecule has 146 valence electrons. The molecule has 0 aromatic heterocycles. The third-order valence-electron chi connectivity index (χ3n) is 4.35. The number of hydrogen-bond acceptors (Lipinski definition) is 3. The van der Waals surface area contributed by atoms with Gasteiger partial charge in [-0.25, -0.2) is 0 Å². The lowest BCUT2D eigenvalue weighted by Crippen LogP contribution is -2.45. The molecule has 0 spiro atoms. The minimum absolute atomic E-state index is 0. The van der Waals surface area contributed by atoms with E-state index in [2.05, 4.69) is 0 Å². The van der Waals surface area contributed by atoms with E-state index >= 15 is 0 Å². The lowest BCUT2D eigenvalue weighted by molar-refractivity contribution is -0.143. The van der Waals surface area contributed by atoms with E-state index in [4.69, 9.17) is 5.11 Å². The number of carboxylic acids is 1. The molecule has 1 fully saturated rings. The third-order valence-corrected chi connectivity index (χ3v) is 4.35. The molecule has 0 heterocycles. The third kappa shape index (κ3) is 5.88. The molecule has 0 aliphatic heterocycles. The first-order chi connectivity index (χ1) is 11.6. The molecule has 1 aliphatic rings. The largest absolute Gasteiger partial charge is 0.480 e. The monoisotopic (exact) mass is 394 g/mol. The van der Waals surface area contributed by atoms with Crippen LogP contribution in [0.3, 0.4) is 0 Å². The van der Waals surface area contributed by atoms with Gasteiger partial charge in [0, 0.05) is 12.6 Å². The normalized spacial score (nSPS) is 15.3. The quantitative estimate of drug-likeness (QED) is 0.772. The van der Waals surface area contributed by atoms with Crippen molar-refractivity contribution in [2.24, 2.45) is 0 Å². The lowest BCUT2D eigenvalue weighted by atomic mass is 10.1. The van der Waals surface area contributed by atoms with Gasteiger partial charge in [-0.1, -0.05) is 12.1 Å². The Morgan fingerprint density at radius 1 is 1.23 bits per heavy atom. The summed E-state index contributed by atoms with van der Waals surface area (Å²) >= 11 is 0. The summed E-state index contributed by atoms with van der Waals surface area (Å²) in [5, 5.41) is 8.99. The summed E-state index contributed by atoms with van der Waals surface area (Å²) in [6.45, 7) is 1.66. The van der Waals surface area contributed by atoms with Crippen molar-refractivity contribution < 1.29 is 27.9 Å². The smallest absolute Gasteiger partial charge is 0.416 e. The van der Waals surface area contributed by atoms with Crippen LogP contribution in [0.4, 0.5) is 13.2 Å². The standard InChI is InChI=1S/C17H21F3N2O3.ClH/c1-11(16(24)25)21(2)10-15(23)22(14-7-8-14)9-12-3-5-13(6-4-12)17(18,19)20;/h3-6,11,14H,7-10H2,1-2H3,(H,24,25);1H. The molecule has 1 unspecified atom stereocenters. The molecule has 9 heteroatoms. The molecule has 1 aliphatic carbocycles. The predicted molar refractivity (Wildman–Crippen MR) is 92.0 cm³/mol. The molecule has 1 amide bonds. The highest BCUT2D eigenvalue weighted by Gasteiger charge is 2.34. The van der Waals surface area contributed by atoms with E-state index in [1.54, 1.807) is 11.9 Å². The number of likely N-dealkylation sites (N-methyl/N-ethyl adjacent to an activating group) is 1. The van der Waals surface area contributed by atoms with Crippen LogP contribution >= 0.6 is 12.4 Å². The van der Waals surface area contributed by atoms with E-state index in [9.17, 15) is 22.8 Å². The molecule has 1 saturated carbocycles. The molecule has 26 heavy (non-hydrogen) atoms. The predicted octanol–water partition coefficient (Wildman–Crippen LogP) is 3.02. The van der Waals surface area contributed by atoms with E-state index in [0.29, 0.717) is 5.56 Å². The first-order valence-electron chi connectivity index (χ1n) is 7.98. The zero-order valence-electron chi connectivity index (χ0n) is 14.5. The number of alkyl halides is 3. The first kappa shape index (κ1) is 22.2. The Morgan fingerprint density at radius 2 is 1.77 bits per heavy atom. The SMILES string of the molecule is CC(C(=O)O)N(C)CC(=O)N(Cc1ccc(C(F)(F)F)cc1)C1CC1.Cl. The van der Waals surface area contributed by atoms with E-state index in [1.165, 1.54) is 24.0 Å². The van der Waals surface area contributed by atoms with Crippen molar-refractivity contribution in [1.29, 1.82) is 0 Å². The van der Waals surface area contributed by atoms with Gasteiger partial charge in [-0.05, 0) is 44.5 Å². The molecule has 2 rings (SSSR count). The maximum atomic E-state index is 12.6. The topological polar surface area (TPSA) is 60.9 Å². The van der Waals surface area contributed by atoms with Gasteiger partial charge in [0.15, 0.2) is 0 Å². The summed E-state index contributed by atoms with van der Waals surface area (Å²) in [5.41, 5.74) is -0.113. The van der Waals surface area contributed by atoms with Crippen LogP contribution in [0.15, 0.2) is 24.3 Å². The van der Waals surface area contributed by atoms with Crippen LogP contribution in [0.2, 0.25) is 0 Å². The van der Waals surface area contributed by atoms with Crippen molar-refractivity contribution in [2.75, 3.05) is 13.6 Å². The van der Waals surface area contributed by atoms with Gasteiger partial charge in [-0.2, -0.15) is 13.2 Å². The van der Waals surface area contributed by atoms with Gasteiger partial charge in [0.05, 0.1) is 12.1 Å². The molecule has 1 aromatic rings. The fourth-order valence-electron chi connectivity index (χ4n) is 2.43. The number of halogens is 4. The number of carbonyl (C=O) groups excluding carboxylic acids is 1. The maximum Gasteiger partial charge on any atom is 0.416 e. The van der Waals surface area contributed by atoms with Gasteiger partial charge >= 0.3 is 12.1 Å². The summed E-state index contributed by atoms with van der Waals surface area (Å²) in [7, 11) is 1.56. The van der Waals surface area contributed by atoms with E-state index in [1.807, 2.05) is 0 Å². The number of rotatable bonds is 7. The lowest BCUT2D eigenvalue weighted by Gasteiger charge is -2.27. The second kappa shape index (κ2) is 8.73. The number of nitrogens with zero attached hydrogens (tertiary/aromatic N) is 2. The molecular weight excluding hydrogens is 373 g/mol. The minimum Gasteiger partial charge on any atom is -0.480 e. The summed E-state index contributed by atoms with van der Waals surface area (Å²) < 4.78 is 37.8. The second-order valence-corrected chi connectivity index (χ2v) is 6.38. The van der Waals surface area contributed by atoms with Gasteiger partial charge in [-0.15, -0.1) is 12.4 Å². The summed E-state index contributed by atoms with van der Waals surface area (Å²) in [6, 6.07) is 4.02. The number of carbonyl (C=O) groups is 2. The van der Waals surface area contributed by atoms with E-state index in [0.717, 1.165) is 25.0 Å². The summed E-state index contributed by atoms with van der Waals surface area (Å²) in [5.74, 6) is -1.24. The van der Waals surface area contributed by atoms with Crippen LogP contribution in [0.25, 0.3) is 0 Å². The number of hydrogen-bond donors (Lipinski definition) is 1. The van der Waals surface area contributed by atoms with Crippen LogP contribution in [-0.2, 0) is 22.3 Å². The van der Waals surface area contributed by atoms with Crippen molar-refractivity contribution in [1.82, 2.24) is 9.80 Å². The van der Waals surface area contributed by atoms with Crippen molar-refractivity contribution in [3.8, 4) is 0 Å². The molecule has 1 aromatic carbocycles. The second-order valence-electron chi connectivity index (χ2n) is 6.38.